The van der Waals surface area contributed by atoms with Gasteiger partial charge in [0.25, 0.3) is 0 Å². The molecule has 0 radical (unpaired) electrons. The largest absolute Gasteiger partial charge is 0.496 e. The Kier molecular flexibility index (Phi) is 12.6. The minimum atomic E-state index is -0.485. The van der Waals surface area contributed by atoms with Crippen molar-refractivity contribution >= 4 is 11.9 Å². The first kappa shape index (κ1) is 30.2. The first-order valence-electron chi connectivity index (χ1n) is 11.3. The molecular weight excluding hydrogens is 420 g/mol. The fourth-order valence-electron chi connectivity index (χ4n) is 2.58. The highest BCUT2D eigenvalue weighted by Gasteiger charge is 2.28. The molecule has 1 atom stereocenters. The molecule has 0 aromatic heterocycles. The van der Waals surface area contributed by atoms with E-state index in [0.29, 0.717) is 28.9 Å². The number of carbonyl (C=O) groups excluding carboxylic acids is 2. The Morgan fingerprint density at radius 1 is 0.909 bits per heavy atom. The van der Waals surface area contributed by atoms with E-state index in [1.165, 1.54) is 12.5 Å². The van der Waals surface area contributed by atoms with Crippen LogP contribution >= 0.6 is 0 Å². The van der Waals surface area contributed by atoms with E-state index in [1.807, 2.05) is 34.6 Å². The van der Waals surface area contributed by atoms with Gasteiger partial charge in [-0.1, -0.05) is 27.0 Å². The number of benzene rings is 1. The van der Waals surface area contributed by atoms with Crippen molar-refractivity contribution in [2.24, 2.45) is 5.92 Å². The monoisotopic (exact) mass is 462 g/mol. The zero-order valence-corrected chi connectivity index (χ0v) is 21.9. The highest BCUT2D eigenvalue weighted by atomic mass is 16.5. The quantitative estimate of drug-likeness (QED) is 0.274. The van der Waals surface area contributed by atoms with Crippen LogP contribution in [-0.2, 0) is 18.9 Å². The van der Waals surface area contributed by atoms with Gasteiger partial charge in [0.2, 0.25) is 0 Å². The Bertz CT molecular complexity index is 807. The van der Waals surface area contributed by atoms with Crippen LogP contribution < -0.4 is 0 Å². The predicted octanol–water partition coefficient (Wildman–Crippen LogP) is 6.55. The maximum Gasteiger partial charge on any atom is 0.338 e. The minimum absolute atomic E-state index is 0.0188. The lowest BCUT2D eigenvalue weighted by atomic mass is 9.93. The van der Waals surface area contributed by atoms with Crippen LogP contribution in [0.15, 0.2) is 37.8 Å². The Morgan fingerprint density at radius 2 is 1.36 bits per heavy atom. The fourth-order valence-corrected chi connectivity index (χ4v) is 2.58. The van der Waals surface area contributed by atoms with Gasteiger partial charge in [0.1, 0.15) is 11.2 Å². The van der Waals surface area contributed by atoms with Gasteiger partial charge in [0, 0.05) is 5.92 Å². The van der Waals surface area contributed by atoms with E-state index in [4.69, 9.17) is 18.9 Å². The van der Waals surface area contributed by atoms with Crippen LogP contribution in [0.3, 0.4) is 0 Å². The maximum atomic E-state index is 12.4. The molecule has 0 bridgehead atoms. The van der Waals surface area contributed by atoms with Gasteiger partial charge in [-0.2, -0.15) is 0 Å². The molecular formula is C27H42O6. The predicted molar refractivity (Wildman–Crippen MR) is 132 cm³/mol. The van der Waals surface area contributed by atoms with Crippen LogP contribution in [0, 0.1) is 19.8 Å². The molecule has 1 rings (SSSR count). The van der Waals surface area contributed by atoms with Crippen molar-refractivity contribution in [2.45, 2.75) is 79.9 Å². The molecule has 0 saturated heterocycles. The second kappa shape index (κ2) is 13.7. The van der Waals surface area contributed by atoms with Gasteiger partial charge in [-0.15, -0.1) is 0 Å². The molecule has 33 heavy (non-hydrogen) atoms. The normalized spacial score (nSPS) is 11.9. The van der Waals surface area contributed by atoms with Gasteiger partial charge in [-0.3, -0.25) is 0 Å². The molecule has 0 aliphatic heterocycles. The summed E-state index contributed by atoms with van der Waals surface area (Å²) in [4.78, 5) is 24.3. The SMILES string of the molecule is C=COC(C)(C)C(C)COC(=O)c1cc(C)c(C(=O)OCC)cc1C.C=COC(C)(C)CC. The molecule has 0 aliphatic carbocycles. The van der Waals surface area contributed by atoms with Crippen LogP contribution in [0.4, 0.5) is 0 Å². The highest BCUT2D eigenvalue weighted by molar-refractivity contribution is 5.96. The Labute approximate surface area is 199 Å². The smallest absolute Gasteiger partial charge is 0.338 e. The summed E-state index contributed by atoms with van der Waals surface area (Å²) in [6.07, 6.45) is 3.89. The van der Waals surface area contributed by atoms with E-state index in [1.54, 1.807) is 32.9 Å². The first-order valence-corrected chi connectivity index (χ1v) is 11.3. The van der Waals surface area contributed by atoms with Gasteiger partial charge < -0.3 is 18.9 Å². The van der Waals surface area contributed by atoms with Gasteiger partial charge in [-0.05, 0) is 78.1 Å². The second-order valence-corrected chi connectivity index (χ2v) is 8.99. The molecule has 1 aromatic rings. The maximum absolute atomic E-state index is 12.4. The summed E-state index contributed by atoms with van der Waals surface area (Å²) in [5, 5.41) is 0. The molecule has 1 unspecified atom stereocenters. The molecule has 0 aliphatic rings. The van der Waals surface area contributed by atoms with Crippen molar-refractivity contribution in [1.29, 1.82) is 0 Å². The van der Waals surface area contributed by atoms with Crippen molar-refractivity contribution in [3.8, 4) is 0 Å². The third-order valence-electron chi connectivity index (χ3n) is 5.58. The number of esters is 2. The number of ether oxygens (including phenoxy) is 4. The fraction of sp³-hybridized carbons (Fsp3) is 0.556. The average molecular weight is 463 g/mol. The molecule has 0 amide bonds. The highest BCUT2D eigenvalue weighted by Crippen LogP contribution is 2.23. The number of hydrogen-bond donors (Lipinski definition) is 0. The Morgan fingerprint density at radius 3 is 1.73 bits per heavy atom. The zero-order chi connectivity index (χ0) is 25.8. The Hall–Kier alpha value is -2.76. The number of aryl methyl sites for hydroxylation is 2. The molecule has 0 fully saturated rings. The molecule has 0 spiro atoms. The molecule has 186 valence electrons. The number of rotatable bonds is 11. The van der Waals surface area contributed by atoms with E-state index in [0.717, 1.165) is 6.42 Å². The summed E-state index contributed by atoms with van der Waals surface area (Å²) in [7, 11) is 0. The number of carbonyl (C=O) groups is 2. The van der Waals surface area contributed by atoms with Crippen LogP contribution in [0.5, 0.6) is 0 Å². The number of hydrogen-bond acceptors (Lipinski definition) is 6. The molecule has 0 saturated carbocycles. The lowest BCUT2D eigenvalue weighted by Gasteiger charge is -2.30. The van der Waals surface area contributed by atoms with Gasteiger partial charge in [-0.25, -0.2) is 9.59 Å². The van der Waals surface area contributed by atoms with Crippen LogP contribution in [0.25, 0.3) is 0 Å². The van der Waals surface area contributed by atoms with Crippen molar-refractivity contribution < 1.29 is 28.5 Å². The van der Waals surface area contributed by atoms with Crippen molar-refractivity contribution in [1.82, 2.24) is 0 Å². The van der Waals surface area contributed by atoms with Gasteiger partial charge in [0.05, 0.1) is 36.9 Å². The minimum Gasteiger partial charge on any atom is -0.496 e. The summed E-state index contributed by atoms with van der Waals surface area (Å²) in [6, 6.07) is 3.33. The molecule has 6 heteroatoms. The third kappa shape index (κ3) is 10.1. The van der Waals surface area contributed by atoms with E-state index in [2.05, 4.69) is 20.1 Å². The first-order chi connectivity index (χ1) is 15.3. The summed E-state index contributed by atoms with van der Waals surface area (Å²) in [5.41, 5.74) is 1.75. The molecule has 0 N–H and O–H groups in total. The van der Waals surface area contributed by atoms with E-state index in [-0.39, 0.29) is 24.1 Å². The van der Waals surface area contributed by atoms with E-state index < -0.39 is 11.6 Å². The van der Waals surface area contributed by atoms with Crippen LogP contribution in [0.2, 0.25) is 0 Å². The van der Waals surface area contributed by atoms with Crippen molar-refractivity contribution in [3.05, 3.63) is 60.1 Å². The van der Waals surface area contributed by atoms with Gasteiger partial charge >= 0.3 is 11.9 Å². The summed E-state index contributed by atoms with van der Waals surface area (Å²) in [6.45, 7) is 24.8. The van der Waals surface area contributed by atoms with Crippen LogP contribution in [0.1, 0.15) is 86.7 Å². The Balaban J connectivity index is 0.00000109. The lowest BCUT2D eigenvalue weighted by molar-refractivity contribution is -0.0229. The van der Waals surface area contributed by atoms with Gasteiger partial charge in [0.15, 0.2) is 0 Å². The van der Waals surface area contributed by atoms with E-state index >= 15 is 0 Å². The average Bonchev–Trinajstić information content (AvgIpc) is 2.73. The second-order valence-electron chi connectivity index (χ2n) is 8.99. The van der Waals surface area contributed by atoms with E-state index in [9.17, 15) is 9.59 Å². The topological polar surface area (TPSA) is 71.1 Å². The standard InChI is InChI=1S/C20H28O5.C7H14O/c1-8-23-18(21)16-10-14(4)17(11-13(16)3)19(22)24-12-15(5)20(6,7)25-9-2;1-5-7(3,4)8-6-2/h9-11,15H,2,8,12H2,1,3-7H3;6H,2,5H2,1,3-4H3. The summed E-state index contributed by atoms with van der Waals surface area (Å²) < 4.78 is 21.1. The molecule has 1 aromatic carbocycles. The molecule has 0 heterocycles. The summed E-state index contributed by atoms with van der Waals surface area (Å²) >= 11 is 0. The molecule has 6 nitrogen and oxygen atoms in total. The summed E-state index contributed by atoms with van der Waals surface area (Å²) in [5.74, 6) is -0.827. The zero-order valence-electron chi connectivity index (χ0n) is 21.9. The van der Waals surface area contributed by atoms with Crippen LogP contribution in [-0.4, -0.2) is 36.4 Å². The van der Waals surface area contributed by atoms with Crippen molar-refractivity contribution in [2.75, 3.05) is 13.2 Å². The lowest BCUT2D eigenvalue weighted by Crippen LogP contribution is -2.34. The van der Waals surface area contributed by atoms with Crippen molar-refractivity contribution in [3.63, 3.8) is 0 Å². The third-order valence-corrected chi connectivity index (χ3v) is 5.58.